The van der Waals surface area contributed by atoms with Crippen molar-refractivity contribution in [1.82, 2.24) is 9.88 Å². The van der Waals surface area contributed by atoms with Crippen molar-refractivity contribution in [2.75, 3.05) is 43.5 Å². The molecule has 0 atom stereocenters. The standard InChI is InChI=1S/C19H19F3N4O4/c1-30-13-4-2-3-12(11-13)23-18(29)26-9-7-25(8-10-26)15-6-5-14(17(27)28)16(24-15)19(20,21)22/h2-6,11H,7-10H2,1H3,(H,23,29)(H,27,28)/p-1. The van der Waals surface area contributed by atoms with Gasteiger partial charge in [0.25, 0.3) is 0 Å². The summed E-state index contributed by atoms with van der Waals surface area (Å²) in [5.41, 5.74) is -1.96. The van der Waals surface area contributed by atoms with Gasteiger partial charge in [0.1, 0.15) is 11.6 Å². The summed E-state index contributed by atoms with van der Waals surface area (Å²) in [5.74, 6) is -1.37. The van der Waals surface area contributed by atoms with Crippen molar-refractivity contribution in [1.29, 1.82) is 0 Å². The molecule has 160 valence electrons. The molecule has 1 N–H and O–H groups in total. The van der Waals surface area contributed by atoms with Gasteiger partial charge in [-0.25, -0.2) is 9.78 Å². The number of anilines is 2. The zero-order valence-electron chi connectivity index (χ0n) is 15.9. The SMILES string of the molecule is COc1cccc(NC(=O)N2CCN(c3ccc(C(=O)[O-])c(C(F)(F)F)n3)CC2)c1. The predicted octanol–water partition coefficient (Wildman–Crippen LogP) is 1.83. The van der Waals surface area contributed by atoms with Crippen LogP contribution in [0.5, 0.6) is 5.75 Å². The molecule has 1 aliphatic rings. The van der Waals surface area contributed by atoms with Gasteiger partial charge in [0.05, 0.1) is 13.1 Å². The van der Waals surface area contributed by atoms with Gasteiger partial charge >= 0.3 is 12.2 Å². The number of methoxy groups -OCH3 is 1. The Morgan fingerprint density at radius 2 is 1.83 bits per heavy atom. The van der Waals surface area contributed by atoms with Crippen LogP contribution in [0, 0.1) is 0 Å². The van der Waals surface area contributed by atoms with E-state index in [2.05, 4.69) is 10.3 Å². The second-order valence-electron chi connectivity index (χ2n) is 6.49. The molecular formula is C19H18F3N4O4-. The number of nitrogens with one attached hydrogen (secondary N) is 1. The highest BCUT2D eigenvalue weighted by Gasteiger charge is 2.36. The summed E-state index contributed by atoms with van der Waals surface area (Å²) in [7, 11) is 1.51. The number of pyridine rings is 1. The number of halogens is 3. The molecule has 1 aromatic carbocycles. The number of carboxylic acid groups (broad SMARTS) is 1. The first-order valence-corrected chi connectivity index (χ1v) is 8.93. The summed E-state index contributed by atoms with van der Waals surface area (Å²) in [4.78, 5) is 30.0. The summed E-state index contributed by atoms with van der Waals surface area (Å²) >= 11 is 0. The van der Waals surface area contributed by atoms with Crippen LogP contribution >= 0.6 is 0 Å². The maximum atomic E-state index is 13.1. The molecular weight excluding hydrogens is 405 g/mol. The minimum atomic E-state index is -4.93. The summed E-state index contributed by atoms with van der Waals surface area (Å²) < 4.78 is 44.5. The van der Waals surface area contributed by atoms with E-state index in [9.17, 15) is 27.9 Å². The van der Waals surface area contributed by atoms with Gasteiger partial charge in [-0.15, -0.1) is 0 Å². The number of nitrogens with zero attached hydrogens (tertiary/aromatic N) is 3. The van der Waals surface area contributed by atoms with Crippen molar-refractivity contribution >= 4 is 23.5 Å². The Bertz CT molecular complexity index is 944. The van der Waals surface area contributed by atoms with Crippen molar-refractivity contribution in [2.24, 2.45) is 0 Å². The number of carboxylic acids is 1. The molecule has 2 aromatic rings. The molecule has 1 saturated heterocycles. The Balaban J connectivity index is 1.66. The van der Waals surface area contributed by atoms with E-state index < -0.39 is 23.4 Å². The summed E-state index contributed by atoms with van der Waals surface area (Å²) in [6.45, 7) is 0.975. The topological polar surface area (TPSA) is 97.8 Å². The normalized spacial score (nSPS) is 14.4. The van der Waals surface area contributed by atoms with E-state index in [1.807, 2.05) is 0 Å². The summed E-state index contributed by atoms with van der Waals surface area (Å²) in [6, 6.07) is 8.52. The number of urea groups is 1. The number of ether oxygens (including phenoxy) is 1. The Morgan fingerprint density at radius 1 is 1.13 bits per heavy atom. The van der Waals surface area contributed by atoms with Crippen LogP contribution in [0.4, 0.5) is 29.5 Å². The molecule has 1 fully saturated rings. The highest BCUT2D eigenvalue weighted by atomic mass is 19.4. The van der Waals surface area contributed by atoms with Gasteiger partial charge < -0.3 is 29.8 Å². The van der Waals surface area contributed by atoms with E-state index in [-0.39, 0.29) is 38.0 Å². The summed E-state index contributed by atoms with van der Waals surface area (Å²) in [5, 5.41) is 13.7. The average molecular weight is 423 g/mol. The van der Waals surface area contributed by atoms with Gasteiger partial charge in [0.15, 0.2) is 5.69 Å². The monoisotopic (exact) mass is 423 g/mol. The Hall–Kier alpha value is -3.50. The fraction of sp³-hybridized carbons (Fsp3) is 0.316. The van der Waals surface area contributed by atoms with Crippen LogP contribution in [0.3, 0.4) is 0 Å². The number of carbonyl (C=O) groups is 2. The molecule has 1 aliphatic heterocycles. The molecule has 3 rings (SSSR count). The number of hydrogen-bond donors (Lipinski definition) is 1. The van der Waals surface area contributed by atoms with E-state index in [4.69, 9.17) is 4.74 Å². The number of amides is 2. The maximum absolute atomic E-state index is 13.1. The molecule has 1 aromatic heterocycles. The van der Waals surface area contributed by atoms with Gasteiger partial charge in [-0.3, -0.25) is 0 Å². The van der Waals surface area contributed by atoms with Crippen LogP contribution in [0.15, 0.2) is 36.4 Å². The van der Waals surface area contributed by atoms with E-state index in [1.54, 1.807) is 29.2 Å². The number of aromatic carboxylic acids is 1. The molecule has 2 amide bonds. The van der Waals surface area contributed by atoms with Crippen molar-refractivity contribution in [3.05, 3.63) is 47.7 Å². The molecule has 30 heavy (non-hydrogen) atoms. The second-order valence-corrected chi connectivity index (χ2v) is 6.49. The fourth-order valence-electron chi connectivity index (χ4n) is 3.05. The maximum Gasteiger partial charge on any atom is 0.434 e. The molecule has 2 heterocycles. The van der Waals surface area contributed by atoms with Gasteiger partial charge in [-0.2, -0.15) is 13.2 Å². The third-order valence-electron chi connectivity index (χ3n) is 4.58. The van der Waals surface area contributed by atoms with Crippen molar-refractivity contribution in [3.8, 4) is 5.75 Å². The number of carbonyl (C=O) groups excluding carboxylic acids is 2. The van der Waals surface area contributed by atoms with E-state index >= 15 is 0 Å². The molecule has 0 unspecified atom stereocenters. The molecule has 0 spiro atoms. The van der Waals surface area contributed by atoms with Crippen molar-refractivity contribution < 1.29 is 32.6 Å². The zero-order chi connectivity index (χ0) is 21.9. The molecule has 0 bridgehead atoms. The third kappa shape index (κ3) is 4.73. The molecule has 0 saturated carbocycles. The van der Waals surface area contributed by atoms with Crippen LogP contribution in [-0.2, 0) is 6.18 Å². The Morgan fingerprint density at radius 3 is 2.43 bits per heavy atom. The van der Waals surface area contributed by atoms with Gasteiger partial charge in [-0.1, -0.05) is 6.07 Å². The number of hydrogen-bond acceptors (Lipinski definition) is 6. The van der Waals surface area contributed by atoms with Gasteiger partial charge in [0.2, 0.25) is 0 Å². The van der Waals surface area contributed by atoms with Crippen LogP contribution in [0.2, 0.25) is 0 Å². The summed E-state index contributed by atoms with van der Waals surface area (Å²) in [6.07, 6.45) is -4.93. The van der Waals surface area contributed by atoms with Crippen molar-refractivity contribution in [3.63, 3.8) is 0 Å². The minimum absolute atomic E-state index is 0.0137. The third-order valence-corrected chi connectivity index (χ3v) is 4.58. The van der Waals surface area contributed by atoms with Crippen LogP contribution < -0.4 is 20.1 Å². The first kappa shape index (κ1) is 21.2. The van der Waals surface area contributed by atoms with E-state index in [1.165, 1.54) is 18.1 Å². The van der Waals surface area contributed by atoms with Crippen LogP contribution in [0.1, 0.15) is 16.1 Å². The first-order valence-electron chi connectivity index (χ1n) is 8.93. The second kappa shape index (κ2) is 8.47. The van der Waals surface area contributed by atoms with E-state index in [0.29, 0.717) is 11.4 Å². The van der Waals surface area contributed by atoms with Crippen LogP contribution in [0.25, 0.3) is 0 Å². The lowest BCUT2D eigenvalue weighted by atomic mass is 10.1. The number of piperazine rings is 1. The lowest BCUT2D eigenvalue weighted by Gasteiger charge is -2.35. The van der Waals surface area contributed by atoms with Crippen molar-refractivity contribution in [2.45, 2.75) is 6.18 Å². The zero-order valence-corrected chi connectivity index (χ0v) is 15.9. The largest absolute Gasteiger partial charge is 0.545 e. The van der Waals surface area contributed by atoms with Crippen LogP contribution in [-0.4, -0.2) is 55.2 Å². The first-order chi connectivity index (χ1) is 14.2. The molecule has 11 heteroatoms. The minimum Gasteiger partial charge on any atom is -0.545 e. The molecule has 0 radical (unpaired) electrons. The Kier molecular flexibility index (Phi) is 5.99. The van der Waals surface area contributed by atoms with E-state index in [0.717, 1.165) is 6.07 Å². The number of alkyl halides is 3. The molecule has 0 aliphatic carbocycles. The Labute approximate surface area is 169 Å². The quantitative estimate of drug-likeness (QED) is 0.806. The van der Waals surface area contributed by atoms with Gasteiger partial charge in [-0.05, 0) is 24.3 Å². The smallest absolute Gasteiger partial charge is 0.434 e. The fourth-order valence-corrected chi connectivity index (χ4v) is 3.05. The molecule has 8 nitrogen and oxygen atoms in total. The number of rotatable bonds is 4. The lowest BCUT2D eigenvalue weighted by Crippen LogP contribution is -2.50. The lowest BCUT2D eigenvalue weighted by molar-refractivity contribution is -0.255. The average Bonchev–Trinajstić information content (AvgIpc) is 2.73. The number of benzene rings is 1. The highest BCUT2D eigenvalue weighted by Crippen LogP contribution is 2.32. The highest BCUT2D eigenvalue weighted by molar-refractivity contribution is 5.90. The van der Waals surface area contributed by atoms with Gasteiger partial charge in [0, 0.05) is 43.5 Å². The predicted molar refractivity (Wildman–Crippen MR) is 99.4 cm³/mol. The number of aromatic nitrogens is 1.